The van der Waals surface area contributed by atoms with Crippen LogP contribution in [0.15, 0.2) is 30.4 Å². The smallest absolute Gasteiger partial charge is 0.0759 e. The number of rotatable bonds is 3. The summed E-state index contributed by atoms with van der Waals surface area (Å²) in [7, 11) is 1.88. The zero-order valence-electron chi connectivity index (χ0n) is 8.82. The van der Waals surface area contributed by atoms with Crippen molar-refractivity contribution in [3.63, 3.8) is 0 Å². The molecule has 0 atom stereocenters. The molecule has 0 saturated carbocycles. The Hall–Kier alpha value is -1.55. The second-order valence-electron chi connectivity index (χ2n) is 3.37. The van der Waals surface area contributed by atoms with Gasteiger partial charge in [0.25, 0.3) is 0 Å². The predicted molar refractivity (Wildman–Crippen MR) is 65.7 cm³/mol. The molecular weight excluding hydrogens is 206 g/mol. The van der Waals surface area contributed by atoms with Crippen LogP contribution in [0.3, 0.4) is 0 Å². The Morgan fingerprint density at radius 1 is 1.60 bits per heavy atom. The molecule has 0 fully saturated rings. The third-order valence-electron chi connectivity index (χ3n) is 2.14. The molecule has 0 aromatic carbocycles. The highest BCUT2D eigenvalue weighted by Gasteiger charge is 2.03. The van der Waals surface area contributed by atoms with Gasteiger partial charge in [0.1, 0.15) is 0 Å². The van der Waals surface area contributed by atoms with Gasteiger partial charge in [0.05, 0.1) is 23.8 Å². The molecule has 2 aromatic heterocycles. The first-order valence-corrected chi connectivity index (χ1v) is 5.56. The van der Waals surface area contributed by atoms with Crippen molar-refractivity contribution >= 4 is 22.6 Å². The highest BCUT2D eigenvalue weighted by atomic mass is 32.1. The van der Waals surface area contributed by atoms with Gasteiger partial charge in [-0.3, -0.25) is 0 Å². The molecule has 0 radical (unpaired) electrons. The summed E-state index contributed by atoms with van der Waals surface area (Å²) in [5.41, 5.74) is 3.19. The highest BCUT2D eigenvalue weighted by Crippen LogP contribution is 2.24. The lowest BCUT2D eigenvalue weighted by molar-refractivity contribution is 0.884. The monoisotopic (exact) mass is 219 g/mol. The van der Waals surface area contributed by atoms with Gasteiger partial charge in [-0.1, -0.05) is 6.58 Å². The fraction of sp³-hybridized carbons (Fsp3) is 0.182. The fourth-order valence-corrected chi connectivity index (χ4v) is 2.08. The zero-order chi connectivity index (χ0) is 10.8. The second kappa shape index (κ2) is 3.90. The Morgan fingerprint density at radius 2 is 2.40 bits per heavy atom. The molecule has 1 N–H and O–H groups in total. The molecule has 2 heterocycles. The van der Waals surface area contributed by atoms with Crippen LogP contribution in [-0.2, 0) is 0 Å². The molecule has 0 aliphatic heterocycles. The van der Waals surface area contributed by atoms with E-state index in [0.29, 0.717) is 0 Å². The van der Waals surface area contributed by atoms with Crippen molar-refractivity contribution in [2.45, 2.75) is 6.92 Å². The summed E-state index contributed by atoms with van der Waals surface area (Å²) in [5, 5.41) is 9.39. The van der Waals surface area contributed by atoms with Crippen LogP contribution < -0.4 is 5.32 Å². The molecule has 0 bridgehead atoms. The lowest BCUT2D eigenvalue weighted by Gasteiger charge is -1.95. The molecule has 0 aliphatic carbocycles. The van der Waals surface area contributed by atoms with E-state index < -0.39 is 0 Å². The Balaban J connectivity index is 2.32. The lowest BCUT2D eigenvalue weighted by atomic mass is 10.3. The standard InChI is InChI=1S/C11H13N3S/c1-8(2)11-4-10(7-15-11)14-6-9(12-3)5-13-14/h4-7,12H,1H2,2-3H3. The van der Waals surface area contributed by atoms with Crippen molar-refractivity contribution in [1.82, 2.24) is 9.78 Å². The molecule has 78 valence electrons. The van der Waals surface area contributed by atoms with E-state index in [9.17, 15) is 0 Å². The van der Waals surface area contributed by atoms with E-state index in [0.717, 1.165) is 16.9 Å². The van der Waals surface area contributed by atoms with Crippen LogP contribution in [0.2, 0.25) is 0 Å². The molecule has 0 amide bonds. The molecule has 3 nitrogen and oxygen atoms in total. The maximum Gasteiger partial charge on any atom is 0.0759 e. The Labute approximate surface area is 93.1 Å². The summed E-state index contributed by atoms with van der Waals surface area (Å²) in [6.07, 6.45) is 3.77. The van der Waals surface area contributed by atoms with Gasteiger partial charge < -0.3 is 5.32 Å². The van der Waals surface area contributed by atoms with Crippen molar-refractivity contribution in [3.8, 4) is 5.69 Å². The van der Waals surface area contributed by atoms with Gasteiger partial charge in [0, 0.05) is 17.3 Å². The number of nitrogens with zero attached hydrogens (tertiary/aromatic N) is 2. The Bertz CT molecular complexity index is 481. The Kier molecular flexibility index (Phi) is 2.60. The minimum absolute atomic E-state index is 1.01. The van der Waals surface area contributed by atoms with Gasteiger partial charge in [-0.15, -0.1) is 11.3 Å². The summed E-state index contributed by atoms with van der Waals surface area (Å²) >= 11 is 1.69. The molecule has 2 aromatic rings. The van der Waals surface area contributed by atoms with Gasteiger partial charge in [0.2, 0.25) is 0 Å². The van der Waals surface area contributed by atoms with Gasteiger partial charge in [-0.2, -0.15) is 5.10 Å². The van der Waals surface area contributed by atoms with Gasteiger partial charge >= 0.3 is 0 Å². The first-order chi connectivity index (χ1) is 7.20. The third kappa shape index (κ3) is 1.94. The van der Waals surface area contributed by atoms with Crippen molar-refractivity contribution in [3.05, 3.63) is 35.3 Å². The SMILES string of the molecule is C=C(C)c1cc(-n2cc(NC)cn2)cs1. The summed E-state index contributed by atoms with van der Waals surface area (Å²) in [4.78, 5) is 1.20. The average Bonchev–Trinajstić information content (AvgIpc) is 2.86. The molecule has 4 heteroatoms. The normalized spacial score (nSPS) is 10.3. The minimum atomic E-state index is 1.01. The van der Waals surface area contributed by atoms with Crippen molar-refractivity contribution < 1.29 is 0 Å². The van der Waals surface area contributed by atoms with Crippen LogP contribution in [0.5, 0.6) is 0 Å². The van der Waals surface area contributed by atoms with Gasteiger partial charge in [-0.25, -0.2) is 4.68 Å². The Morgan fingerprint density at radius 3 is 2.93 bits per heavy atom. The second-order valence-corrected chi connectivity index (χ2v) is 4.28. The van der Waals surface area contributed by atoms with E-state index in [1.54, 1.807) is 17.5 Å². The van der Waals surface area contributed by atoms with E-state index in [-0.39, 0.29) is 0 Å². The molecule has 15 heavy (non-hydrogen) atoms. The molecule has 0 unspecified atom stereocenters. The quantitative estimate of drug-likeness (QED) is 0.860. The number of aromatic nitrogens is 2. The summed E-state index contributed by atoms with van der Waals surface area (Å²) in [6.45, 7) is 5.93. The highest BCUT2D eigenvalue weighted by molar-refractivity contribution is 7.11. The van der Waals surface area contributed by atoms with Crippen LogP contribution in [0.4, 0.5) is 5.69 Å². The molecule has 2 rings (SSSR count). The number of thiophene rings is 1. The fourth-order valence-electron chi connectivity index (χ4n) is 1.26. The van der Waals surface area contributed by atoms with E-state index in [1.807, 2.05) is 24.9 Å². The number of nitrogens with one attached hydrogen (secondary N) is 1. The van der Waals surface area contributed by atoms with Crippen molar-refractivity contribution in [2.24, 2.45) is 0 Å². The van der Waals surface area contributed by atoms with Crippen LogP contribution >= 0.6 is 11.3 Å². The minimum Gasteiger partial charge on any atom is -0.386 e. The van der Waals surface area contributed by atoms with E-state index in [4.69, 9.17) is 0 Å². The van der Waals surface area contributed by atoms with Crippen LogP contribution in [-0.4, -0.2) is 16.8 Å². The predicted octanol–water partition coefficient (Wildman–Crippen LogP) is 3.01. The maximum absolute atomic E-state index is 4.26. The summed E-state index contributed by atoms with van der Waals surface area (Å²) in [6, 6.07) is 2.10. The van der Waals surface area contributed by atoms with E-state index >= 15 is 0 Å². The molecular formula is C11H13N3S. The van der Waals surface area contributed by atoms with Gasteiger partial charge in [0.15, 0.2) is 0 Å². The summed E-state index contributed by atoms with van der Waals surface area (Å²) < 4.78 is 1.86. The molecule has 0 spiro atoms. The number of anilines is 1. The van der Waals surface area contributed by atoms with Crippen LogP contribution in [0.1, 0.15) is 11.8 Å². The molecule has 0 saturated heterocycles. The summed E-state index contributed by atoms with van der Waals surface area (Å²) in [5.74, 6) is 0. The zero-order valence-corrected chi connectivity index (χ0v) is 9.64. The van der Waals surface area contributed by atoms with Crippen LogP contribution in [0, 0.1) is 0 Å². The topological polar surface area (TPSA) is 29.9 Å². The van der Waals surface area contributed by atoms with Gasteiger partial charge in [-0.05, 0) is 18.6 Å². The maximum atomic E-state index is 4.26. The van der Waals surface area contributed by atoms with Crippen molar-refractivity contribution in [2.75, 3.05) is 12.4 Å². The number of hydrogen-bond acceptors (Lipinski definition) is 3. The first kappa shape index (κ1) is 9.98. The average molecular weight is 219 g/mol. The number of hydrogen-bond donors (Lipinski definition) is 1. The first-order valence-electron chi connectivity index (χ1n) is 4.68. The largest absolute Gasteiger partial charge is 0.386 e. The van der Waals surface area contributed by atoms with E-state index in [2.05, 4.69) is 28.4 Å². The van der Waals surface area contributed by atoms with Crippen LogP contribution in [0.25, 0.3) is 11.3 Å². The molecule has 0 aliphatic rings. The number of allylic oxidation sites excluding steroid dienone is 1. The van der Waals surface area contributed by atoms with E-state index in [1.165, 1.54) is 4.88 Å². The lowest BCUT2D eigenvalue weighted by Crippen LogP contribution is -1.91. The van der Waals surface area contributed by atoms with Crippen molar-refractivity contribution in [1.29, 1.82) is 0 Å². The third-order valence-corrected chi connectivity index (χ3v) is 3.22.